The van der Waals surface area contributed by atoms with Crippen molar-refractivity contribution in [2.45, 2.75) is 33.6 Å². The molecule has 0 aromatic heterocycles. The lowest BCUT2D eigenvalue weighted by Gasteiger charge is -2.03. The fourth-order valence-electron chi connectivity index (χ4n) is 1.51. The smallest absolute Gasteiger partial charge is 0.0210 e. The Kier molecular flexibility index (Phi) is 5.54. The van der Waals surface area contributed by atoms with Crippen molar-refractivity contribution in [1.29, 1.82) is 0 Å². The topological polar surface area (TPSA) is 0 Å². The lowest BCUT2D eigenvalue weighted by molar-refractivity contribution is 0.958. The highest BCUT2D eigenvalue weighted by atomic mass is 79.9. The molecule has 0 fully saturated rings. The molecule has 16 heavy (non-hydrogen) atoms. The molecule has 1 aromatic carbocycles. The van der Waals surface area contributed by atoms with Crippen molar-refractivity contribution < 1.29 is 0 Å². The van der Waals surface area contributed by atoms with E-state index in [1.54, 1.807) is 0 Å². The van der Waals surface area contributed by atoms with Gasteiger partial charge in [0, 0.05) is 4.47 Å². The number of halogens is 1. The zero-order valence-electron chi connectivity index (χ0n) is 10.3. The molecule has 0 N–H and O–H groups in total. The van der Waals surface area contributed by atoms with E-state index in [0.717, 1.165) is 6.42 Å². The zero-order chi connectivity index (χ0) is 12.0. The van der Waals surface area contributed by atoms with Crippen LogP contribution in [0, 0.1) is 6.92 Å². The molecule has 0 radical (unpaired) electrons. The first-order valence-electron chi connectivity index (χ1n) is 5.75. The molecule has 0 nitrogen and oxygen atoms in total. The van der Waals surface area contributed by atoms with Gasteiger partial charge in [-0.15, -0.1) is 0 Å². The minimum Gasteiger partial charge on any atom is -0.0843 e. The van der Waals surface area contributed by atoms with E-state index in [1.165, 1.54) is 27.6 Å². The molecule has 0 saturated heterocycles. The molecule has 0 amide bonds. The Bertz CT molecular complexity index is 400. The Labute approximate surface area is 107 Å². The first kappa shape index (κ1) is 13.2. The molecule has 0 heterocycles. The van der Waals surface area contributed by atoms with Crippen molar-refractivity contribution in [2.75, 3.05) is 0 Å². The van der Waals surface area contributed by atoms with E-state index in [0.29, 0.717) is 0 Å². The Morgan fingerprint density at radius 2 is 2.12 bits per heavy atom. The van der Waals surface area contributed by atoms with E-state index in [-0.39, 0.29) is 0 Å². The number of rotatable bonds is 4. The molecular formula is C15H19Br. The minimum absolute atomic E-state index is 1.16. The highest BCUT2D eigenvalue weighted by molar-refractivity contribution is 9.10. The van der Waals surface area contributed by atoms with Gasteiger partial charge >= 0.3 is 0 Å². The number of allylic oxidation sites excluding steroid dienone is 3. The van der Waals surface area contributed by atoms with Crippen LogP contribution < -0.4 is 0 Å². The second-order valence-electron chi connectivity index (χ2n) is 4.03. The number of hydrogen-bond acceptors (Lipinski definition) is 0. The Balaban J connectivity index is 2.86. The quantitative estimate of drug-likeness (QED) is 0.637. The van der Waals surface area contributed by atoms with Gasteiger partial charge in [-0.1, -0.05) is 65.2 Å². The average molecular weight is 279 g/mol. The number of unbranched alkanes of at least 4 members (excludes halogenated alkanes) is 1. The van der Waals surface area contributed by atoms with E-state index < -0.39 is 0 Å². The third-order valence-electron chi connectivity index (χ3n) is 2.53. The van der Waals surface area contributed by atoms with Gasteiger partial charge in [0.25, 0.3) is 0 Å². The molecule has 0 aliphatic rings. The minimum atomic E-state index is 1.16. The van der Waals surface area contributed by atoms with Crippen LogP contribution in [0.2, 0.25) is 0 Å². The first-order valence-corrected chi connectivity index (χ1v) is 6.54. The molecule has 0 bridgehead atoms. The van der Waals surface area contributed by atoms with Gasteiger partial charge in [-0.05, 0) is 37.5 Å². The SMILES string of the molecule is CCC/C=C/C(C)=C\c1cccc(Br)c1C. The standard InChI is InChI=1S/C15H19Br/c1-4-5-6-8-12(2)11-14-9-7-10-15(16)13(14)3/h6-11H,4-5H2,1-3H3/b8-6+,12-11-. The van der Waals surface area contributed by atoms with Crippen molar-refractivity contribution in [2.24, 2.45) is 0 Å². The maximum atomic E-state index is 3.55. The summed E-state index contributed by atoms with van der Waals surface area (Å²) in [5.41, 5.74) is 3.88. The summed E-state index contributed by atoms with van der Waals surface area (Å²) in [5.74, 6) is 0. The third kappa shape index (κ3) is 3.97. The van der Waals surface area contributed by atoms with Crippen LogP contribution >= 0.6 is 15.9 Å². The van der Waals surface area contributed by atoms with Gasteiger partial charge in [0.15, 0.2) is 0 Å². The highest BCUT2D eigenvalue weighted by Gasteiger charge is 1.98. The predicted molar refractivity (Wildman–Crippen MR) is 76.6 cm³/mol. The lowest BCUT2D eigenvalue weighted by atomic mass is 10.1. The molecule has 0 unspecified atom stereocenters. The second kappa shape index (κ2) is 6.70. The van der Waals surface area contributed by atoms with Gasteiger partial charge in [-0.3, -0.25) is 0 Å². The lowest BCUT2D eigenvalue weighted by Crippen LogP contribution is -1.82. The van der Waals surface area contributed by atoms with Gasteiger partial charge in [-0.2, -0.15) is 0 Å². The zero-order valence-corrected chi connectivity index (χ0v) is 11.8. The molecule has 1 heteroatoms. The highest BCUT2D eigenvalue weighted by Crippen LogP contribution is 2.21. The van der Waals surface area contributed by atoms with Crippen molar-refractivity contribution in [3.63, 3.8) is 0 Å². The summed E-state index contributed by atoms with van der Waals surface area (Å²) in [5, 5.41) is 0. The van der Waals surface area contributed by atoms with Crippen molar-refractivity contribution in [3.05, 3.63) is 51.5 Å². The van der Waals surface area contributed by atoms with Gasteiger partial charge < -0.3 is 0 Å². The van der Waals surface area contributed by atoms with Crippen LogP contribution in [0.4, 0.5) is 0 Å². The van der Waals surface area contributed by atoms with Gasteiger partial charge in [-0.25, -0.2) is 0 Å². The summed E-state index contributed by atoms with van der Waals surface area (Å²) >= 11 is 3.55. The van der Waals surface area contributed by atoms with Crippen molar-refractivity contribution in [3.8, 4) is 0 Å². The van der Waals surface area contributed by atoms with Crippen LogP contribution in [0.25, 0.3) is 6.08 Å². The molecule has 0 atom stereocenters. The van der Waals surface area contributed by atoms with Crippen LogP contribution in [0.1, 0.15) is 37.8 Å². The van der Waals surface area contributed by atoms with Gasteiger partial charge in [0.1, 0.15) is 0 Å². The summed E-state index contributed by atoms with van der Waals surface area (Å²) < 4.78 is 1.17. The third-order valence-corrected chi connectivity index (χ3v) is 3.39. The summed E-state index contributed by atoms with van der Waals surface area (Å²) in [6.07, 6.45) is 9.03. The summed E-state index contributed by atoms with van der Waals surface area (Å²) in [7, 11) is 0. The molecule has 0 aliphatic heterocycles. The van der Waals surface area contributed by atoms with E-state index >= 15 is 0 Å². The molecule has 0 spiro atoms. The number of hydrogen-bond donors (Lipinski definition) is 0. The maximum Gasteiger partial charge on any atom is 0.0210 e. The van der Waals surface area contributed by atoms with E-state index in [1.807, 2.05) is 0 Å². The first-order chi connectivity index (χ1) is 7.65. The van der Waals surface area contributed by atoms with E-state index in [4.69, 9.17) is 0 Å². The predicted octanol–water partition coefficient (Wildman–Crippen LogP) is 5.52. The van der Waals surface area contributed by atoms with Crippen LogP contribution in [0.5, 0.6) is 0 Å². The monoisotopic (exact) mass is 278 g/mol. The van der Waals surface area contributed by atoms with Gasteiger partial charge in [0.05, 0.1) is 0 Å². The largest absolute Gasteiger partial charge is 0.0843 e. The molecule has 0 aliphatic carbocycles. The van der Waals surface area contributed by atoms with E-state index in [2.05, 4.69) is 73.1 Å². The second-order valence-corrected chi connectivity index (χ2v) is 4.89. The summed E-state index contributed by atoms with van der Waals surface area (Å²) in [6, 6.07) is 6.30. The molecule has 86 valence electrons. The fraction of sp³-hybridized carbons (Fsp3) is 0.333. The van der Waals surface area contributed by atoms with Crippen molar-refractivity contribution in [1.82, 2.24) is 0 Å². The maximum absolute atomic E-state index is 3.55. The van der Waals surface area contributed by atoms with Crippen molar-refractivity contribution >= 4 is 22.0 Å². The van der Waals surface area contributed by atoms with Crippen LogP contribution in [0.3, 0.4) is 0 Å². The normalized spacial score (nSPS) is 12.4. The van der Waals surface area contributed by atoms with Crippen LogP contribution in [-0.2, 0) is 0 Å². The van der Waals surface area contributed by atoms with Gasteiger partial charge in [0.2, 0.25) is 0 Å². The van der Waals surface area contributed by atoms with E-state index in [9.17, 15) is 0 Å². The Morgan fingerprint density at radius 3 is 2.81 bits per heavy atom. The fourth-order valence-corrected chi connectivity index (χ4v) is 1.89. The Morgan fingerprint density at radius 1 is 1.38 bits per heavy atom. The number of benzene rings is 1. The summed E-state index contributed by atoms with van der Waals surface area (Å²) in [4.78, 5) is 0. The van der Waals surface area contributed by atoms with Crippen LogP contribution in [0.15, 0.2) is 40.4 Å². The molecular weight excluding hydrogens is 260 g/mol. The van der Waals surface area contributed by atoms with Crippen LogP contribution in [-0.4, -0.2) is 0 Å². The summed E-state index contributed by atoms with van der Waals surface area (Å²) in [6.45, 7) is 6.48. The molecule has 0 saturated carbocycles. The Hall–Kier alpha value is -0.820. The molecule has 1 aromatic rings. The average Bonchev–Trinajstić information content (AvgIpc) is 2.25. The molecule has 1 rings (SSSR count).